The Morgan fingerprint density at radius 1 is 1.15 bits per heavy atom. The van der Waals surface area contributed by atoms with Crippen molar-refractivity contribution in [3.8, 4) is 5.69 Å². The van der Waals surface area contributed by atoms with Crippen LogP contribution in [0.15, 0.2) is 49.1 Å². The van der Waals surface area contributed by atoms with Crippen LogP contribution < -0.4 is 4.31 Å². The number of halogens is 2. The first-order valence-electron chi connectivity index (χ1n) is 6.95. The van der Waals surface area contributed by atoms with E-state index in [1.807, 2.05) is 0 Å². The van der Waals surface area contributed by atoms with Crippen molar-refractivity contribution in [3.05, 3.63) is 66.3 Å². The molecule has 11 heteroatoms. The number of aromatic carboxylic acids is 1. The monoisotopic (exact) mass is 379 g/mol. The second-order valence-corrected chi connectivity index (χ2v) is 5.76. The van der Waals surface area contributed by atoms with Crippen LogP contribution in [0.5, 0.6) is 0 Å². The zero-order chi connectivity index (χ0) is 18.8. The van der Waals surface area contributed by atoms with Crippen LogP contribution in [0, 0.1) is 11.6 Å². The largest absolute Gasteiger partial charge is 0.755 e. The summed E-state index contributed by atoms with van der Waals surface area (Å²) in [5.74, 6) is -4.57. The fraction of sp³-hybridized carbons (Fsp3) is 0. The van der Waals surface area contributed by atoms with E-state index < -0.39 is 34.4 Å². The molecular weight excluding hydrogens is 370 g/mol. The molecule has 0 fully saturated rings. The van der Waals surface area contributed by atoms with Gasteiger partial charge < -0.3 is 9.66 Å². The molecule has 0 aliphatic heterocycles. The molecule has 0 spiro atoms. The molecule has 1 N–H and O–H groups in total. The molecule has 3 rings (SSSR count). The first-order chi connectivity index (χ1) is 12.4. The Balaban J connectivity index is 2.03. The number of carboxylic acid groups (broad SMARTS) is 1. The van der Waals surface area contributed by atoms with E-state index in [9.17, 15) is 22.3 Å². The van der Waals surface area contributed by atoms with Crippen molar-refractivity contribution >= 4 is 28.6 Å². The Morgan fingerprint density at radius 2 is 1.77 bits per heavy atom. The summed E-state index contributed by atoms with van der Waals surface area (Å²) in [5, 5.41) is 12.7. The first kappa shape index (κ1) is 17.6. The molecule has 0 saturated heterocycles. The van der Waals surface area contributed by atoms with Gasteiger partial charge in [-0.2, -0.15) is 5.10 Å². The Hall–Kier alpha value is -3.18. The molecule has 0 amide bonds. The van der Waals surface area contributed by atoms with Crippen molar-refractivity contribution in [2.24, 2.45) is 0 Å². The van der Waals surface area contributed by atoms with Crippen LogP contribution in [0.4, 0.5) is 20.2 Å². The van der Waals surface area contributed by atoms with Crippen molar-refractivity contribution in [1.82, 2.24) is 14.8 Å². The van der Waals surface area contributed by atoms with Crippen LogP contribution in [0.2, 0.25) is 0 Å². The van der Waals surface area contributed by atoms with E-state index >= 15 is 0 Å². The van der Waals surface area contributed by atoms with E-state index in [0.717, 1.165) is 0 Å². The van der Waals surface area contributed by atoms with Gasteiger partial charge in [0.1, 0.15) is 29.9 Å². The van der Waals surface area contributed by atoms with Crippen molar-refractivity contribution in [3.63, 3.8) is 0 Å². The summed E-state index contributed by atoms with van der Waals surface area (Å²) in [7, 11) is 0. The van der Waals surface area contributed by atoms with Gasteiger partial charge in [-0.1, -0.05) is 0 Å². The molecule has 8 nitrogen and oxygen atoms in total. The zero-order valence-electron chi connectivity index (χ0n) is 12.7. The summed E-state index contributed by atoms with van der Waals surface area (Å²) in [5.41, 5.74) is -0.871. The second-order valence-electron chi connectivity index (χ2n) is 4.96. The number of benzene rings is 2. The van der Waals surface area contributed by atoms with Crippen molar-refractivity contribution < 1.29 is 27.4 Å². The molecule has 1 heterocycles. The summed E-state index contributed by atoms with van der Waals surface area (Å²) in [6.07, 6.45) is 2.76. The minimum atomic E-state index is -2.91. The number of aromatic nitrogens is 3. The minimum Gasteiger partial charge on any atom is -0.755 e. The highest BCUT2D eigenvalue weighted by molar-refractivity contribution is 7.81. The zero-order valence-corrected chi connectivity index (χ0v) is 13.6. The van der Waals surface area contributed by atoms with E-state index in [-0.39, 0.29) is 11.4 Å². The van der Waals surface area contributed by atoms with Gasteiger partial charge in [0, 0.05) is 0 Å². The quantitative estimate of drug-likeness (QED) is 0.680. The third-order valence-electron chi connectivity index (χ3n) is 3.39. The topological polar surface area (TPSA) is 111 Å². The van der Waals surface area contributed by atoms with Gasteiger partial charge in [0.15, 0.2) is 0 Å². The Kier molecular flexibility index (Phi) is 4.73. The third kappa shape index (κ3) is 3.30. The van der Waals surface area contributed by atoms with Crippen molar-refractivity contribution in [2.45, 2.75) is 0 Å². The number of hydrogen-bond acceptors (Lipinski definition) is 5. The molecule has 0 bridgehead atoms. The lowest BCUT2D eigenvalue weighted by Gasteiger charge is -2.27. The molecule has 0 radical (unpaired) electrons. The highest BCUT2D eigenvalue weighted by Gasteiger charge is 2.21. The van der Waals surface area contributed by atoms with Crippen LogP contribution in [0.3, 0.4) is 0 Å². The predicted molar refractivity (Wildman–Crippen MR) is 85.7 cm³/mol. The normalized spacial score (nSPS) is 12.0. The average molecular weight is 379 g/mol. The molecule has 26 heavy (non-hydrogen) atoms. The Morgan fingerprint density at radius 3 is 2.23 bits per heavy atom. The number of carbonyl (C=O) groups is 1. The lowest BCUT2D eigenvalue weighted by atomic mass is 10.1. The van der Waals surface area contributed by atoms with Gasteiger partial charge in [-0.3, -0.25) is 8.51 Å². The molecule has 1 aromatic heterocycles. The van der Waals surface area contributed by atoms with Gasteiger partial charge in [-0.15, -0.1) is 0 Å². The SMILES string of the molecule is O=C(O)c1c(F)cc(N(c2ccc(-n3cncn3)cc2)S(=O)[O-])cc1F. The summed E-state index contributed by atoms with van der Waals surface area (Å²) in [6.45, 7) is 0. The summed E-state index contributed by atoms with van der Waals surface area (Å²) in [4.78, 5) is 14.6. The number of carboxylic acids is 1. The first-order valence-corrected chi connectivity index (χ1v) is 7.98. The highest BCUT2D eigenvalue weighted by atomic mass is 32.2. The molecule has 2 aromatic carbocycles. The molecule has 1 atom stereocenters. The lowest BCUT2D eigenvalue weighted by molar-refractivity contribution is 0.0686. The van der Waals surface area contributed by atoms with Crippen molar-refractivity contribution in [1.29, 1.82) is 0 Å². The standard InChI is InChI=1S/C15H10F2N4O4S/c16-12-5-11(6-13(17)14(12)15(22)23)21(26(24)25)10-3-1-9(2-4-10)20-8-18-7-19-20/h1-8H,(H,22,23)(H,24,25)/p-1. The second kappa shape index (κ2) is 6.98. The van der Waals surface area contributed by atoms with E-state index in [1.54, 1.807) is 0 Å². The Labute approximate surface area is 147 Å². The van der Waals surface area contributed by atoms with Crippen molar-refractivity contribution in [2.75, 3.05) is 4.31 Å². The van der Waals surface area contributed by atoms with Gasteiger partial charge in [0.05, 0.1) is 28.3 Å². The predicted octanol–water partition coefficient (Wildman–Crippen LogP) is 2.18. The number of anilines is 2. The van der Waals surface area contributed by atoms with Crippen LogP contribution in [-0.2, 0) is 11.3 Å². The smallest absolute Gasteiger partial charge is 0.341 e. The van der Waals surface area contributed by atoms with Crippen LogP contribution in [0.25, 0.3) is 5.69 Å². The maximum atomic E-state index is 13.9. The van der Waals surface area contributed by atoms with E-state index in [0.29, 0.717) is 22.1 Å². The minimum absolute atomic E-state index is 0.0871. The van der Waals surface area contributed by atoms with Gasteiger partial charge in [-0.25, -0.2) is 23.2 Å². The summed E-state index contributed by atoms with van der Waals surface area (Å²) >= 11 is -2.91. The molecule has 1 unspecified atom stereocenters. The maximum absolute atomic E-state index is 13.9. The number of hydrogen-bond donors (Lipinski definition) is 1. The van der Waals surface area contributed by atoms with E-state index in [2.05, 4.69) is 10.1 Å². The van der Waals surface area contributed by atoms with Gasteiger partial charge in [0.2, 0.25) is 0 Å². The van der Waals surface area contributed by atoms with Gasteiger partial charge in [0.25, 0.3) is 0 Å². The highest BCUT2D eigenvalue weighted by Crippen LogP contribution is 2.30. The van der Waals surface area contributed by atoms with Crippen LogP contribution in [0.1, 0.15) is 10.4 Å². The average Bonchev–Trinajstić information content (AvgIpc) is 3.09. The molecule has 0 saturated carbocycles. The lowest BCUT2D eigenvalue weighted by Crippen LogP contribution is -2.20. The van der Waals surface area contributed by atoms with Gasteiger partial charge >= 0.3 is 5.97 Å². The maximum Gasteiger partial charge on any atom is 0.341 e. The Bertz CT molecular complexity index is 957. The van der Waals surface area contributed by atoms with Crippen LogP contribution in [-0.4, -0.2) is 34.6 Å². The summed E-state index contributed by atoms with van der Waals surface area (Å²) < 4.78 is 53.0. The van der Waals surface area contributed by atoms with Crippen LogP contribution >= 0.6 is 0 Å². The van der Waals surface area contributed by atoms with Gasteiger partial charge in [-0.05, 0) is 36.4 Å². The molecule has 134 valence electrons. The third-order valence-corrected chi connectivity index (χ3v) is 4.11. The molecular formula is C15H9F2N4O4S-. The van der Waals surface area contributed by atoms with E-state index in [1.165, 1.54) is 41.6 Å². The summed E-state index contributed by atoms with van der Waals surface area (Å²) in [6, 6.07) is 7.12. The molecule has 0 aliphatic rings. The fourth-order valence-corrected chi connectivity index (χ4v) is 2.86. The fourth-order valence-electron chi connectivity index (χ4n) is 2.28. The molecule has 3 aromatic rings. The van der Waals surface area contributed by atoms with E-state index in [4.69, 9.17) is 5.11 Å². The number of rotatable bonds is 5. The molecule has 0 aliphatic carbocycles. The number of nitrogens with zero attached hydrogens (tertiary/aromatic N) is 4.